The van der Waals surface area contributed by atoms with Gasteiger partial charge in [-0.05, 0) is 44.2 Å². The predicted octanol–water partition coefficient (Wildman–Crippen LogP) is 5.13. The maximum atomic E-state index is 5.62. The zero-order chi connectivity index (χ0) is 13.4. The Morgan fingerprint density at radius 2 is 2.16 bits per heavy atom. The lowest BCUT2D eigenvalue weighted by Crippen LogP contribution is -2.04. The molecule has 5 heteroatoms. The van der Waals surface area contributed by atoms with Gasteiger partial charge in [0.1, 0.15) is 11.5 Å². The number of furan rings is 1. The lowest BCUT2D eigenvalue weighted by Gasteiger charge is -2.09. The van der Waals surface area contributed by atoms with E-state index in [2.05, 4.69) is 39.2 Å². The van der Waals surface area contributed by atoms with Crippen LogP contribution >= 0.6 is 27.3 Å². The van der Waals surface area contributed by atoms with Gasteiger partial charge >= 0.3 is 0 Å². The van der Waals surface area contributed by atoms with E-state index < -0.39 is 0 Å². The molecule has 3 aromatic rings. The molecule has 0 amide bonds. The first-order valence-electron chi connectivity index (χ1n) is 6.01. The third-order valence-corrected chi connectivity index (χ3v) is 4.34. The Hall–Kier alpha value is -1.33. The van der Waals surface area contributed by atoms with Crippen molar-refractivity contribution in [3.63, 3.8) is 0 Å². The van der Waals surface area contributed by atoms with E-state index in [-0.39, 0.29) is 6.04 Å². The SMILES string of the molecule is Cc1ccc(C(C)Nc2nc3cc(Br)ccc3s2)o1. The van der Waals surface area contributed by atoms with E-state index in [4.69, 9.17) is 4.42 Å². The van der Waals surface area contributed by atoms with Crippen molar-refractivity contribution >= 4 is 42.6 Å². The highest BCUT2D eigenvalue weighted by Crippen LogP contribution is 2.30. The van der Waals surface area contributed by atoms with E-state index in [1.54, 1.807) is 11.3 Å². The van der Waals surface area contributed by atoms with E-state index in [0.717, 1.165) is 26.6 Å². The molecular formula is C14H13BrN2OS. The number of halogens is 1. The minimum absolute atomic E-state index is 0.109. The van der Waals surface area contributed by atoms with Crippen LogP contribution in [0.3, 0.4) is 0 Å². The molecule has 3 rings (SSSR count). The van der Waals surface area contributed by atoms with Crippen molar-refractivity contribution in [2.75, 3.05) is 5.32 Å². The third-order valence-electron chi connectivity index (χ3n) is 2.88. The van der Waals surface area contributed by atoms with Crippen LogP contribution < -0.4 is 5.32 Å². The van der Waals surface area contributed by atoms with Crippen LogP contribution in [-0.2, 0) is 0 Å². The van der Waals surface area contributed by atoms with Crippen molar-refractivity contribution in [3.8, 4) is 0 Å². The molecule has 0 bridgehead atoms. The van der Waals surface area contributed by atoms with Gasteiger partial charge in [0.05, 0.1) is 16.3 Å². The van der Waals surface area contributed by atoms with Gasteiger partial charge in [0.2, 0.25) is 0 Å². The Labute approximate surface area is 123 Å². The summed E-state index contributed by atoms with van der Waals surface area (Å²) in [5, 5.41) is 4.29. The highest BCUT2D eigenvalue weighted by atomic mass is 79.9. The van der Waals surface area contributed by atoms with Crippen molar-refractivity contribution in [1.29, 1.82) is 0 Å². The van der Waals surface area contributed by atoms with Crippen LogP contribution in [0.25, 0.3) is 10.2 Å². The first-order valence-corrected chi connectivity index (χ1v) is 7.62. The second-order valence-corrected chi connectivity index (χ2v) is 6.39. The van der Waals surface area contributed by atoms with Gasteiger partial charge in [-0.25, -0.2) is 4.98 Å². The average molecular weight is 337 g/mol. The molecule has 0 fully saturated rings. The molecule has 3 nitrogen and oxygen atoms in total. The van der Waals surface area contributed by atoms with Gasteiger partial charge in [0.15, 0.2) is 5.13 Å². The Bertz CT molecular complexity index is 719. The summed E-state index contributed by atoms with van der Waals surface area (Å²) >= 11 is 5.11. The van der Waals surface area contributed by atoms with Crippen LogP contribution in [-0.4, -0.2) is 4.98 Å². The number of hydrogen-bond acceptors (Lipinski definition) is 4. The van der Waals surface area contributed by atoms with Crippen molar-refractivity contribution in [2.45, 2.75) is 19.9 Å². The topological polar surface area (TPSA) is 38.1 Å². The van der Waals surface area contributed by atoms with Crippen molar-refractivity contribution in [1.82, 2.24) is 4.98 Å². The molecule has 0 saturated heterocycles. The summed E-state index contributed by atoms with van der Waals surface area (Å²) in [7, 11) is 0. The minimum atomic E-state index is 0.109. The number of anilines is 1. The number of rotatable bonds is 3. The summed E-state index contributed by atoms with van der Waals surface area (Å²) in [6.45, 7) is 4.02. The Morgan fingerprint density at radius 3 is 2.89 bits per heavy atom. The fourth-order valence-electron chi connectivity index (χ4n) is 1.90. The van der Waals surface area contributed by atoms with Gasteiger partial charge in [-0.2, -0.15) is 0 Å². The molecule has 0 radical (unpaired) electrons. The Balaban J connectivity index is 1.85. The van der Waals surface area contributed by atoms with E-state index in [1.807, 2.05) is 31.2 Å². The van der Waals surface area contributed by atoms with Crippen molar-refractivity contribution < 1.29 is 4.42 Å². The Kier molecular flexibility index (Phi) is 3.33. The van der Waals surface area contributed by atoms with Gasteiger partial charge in [0, 0.05) is 4.47 Å². The zero-order valence-corrected chi connectivity index (χ0v) is 13.0. The highest BCUT2D eigenvalue weighted by Gasteiger charge is 2.12. The molecular weight excluding hydrogens is 324 g/mol. The molecule has 2 heterocycles. The minimum Gasteiger partial charge on any atom is -0.464 e. The fourth-order valence-corrected chi connectivity index (χ4v) is 3.19. The standard InChI is InChI=1S/C14H13BrN2OS/c1-8-3-5-12(18-8)9(2)16-14-17-11-7-10(15)4-6-13(11)19-14/h3-7,9H,1-2H3,(H,16,17). The summed E-state index contributed by atoms with van der Waals surface area (Å²) in [4.78, 5) is 4.58. The van der Waals surface area contributed by atoms with Gasteiger partial charge < -0.3 is 9.73 Å². The van der Waals surface area contributed by atoms with Crippen LogP contribution in [0.1, 0.15) is 24.5 Å². The maximum absolute atomic E-state index is 5.62. The molecule has 0 spiro atoms. The molecule has 0 saturated carbocycles. The predicted molar refractivity (Wildman–Crippen MR) is 82.8 cm³/mol. The smallest absolute Gasteiger partial charge is 0.184 e. The number of benzene rings is 1. The van der Waals surface area contributed by atoms with E-state index in [0.29, 0.717) is 0 Å². The first-order chi connectivity index (χ1) is 9.11. The summed E-state index contributed by atoms with van der Waals surface area (Å²) in [5.41, 5.74) is 1.00. The molecule has 19 heavy (non-hydrogen) atoms. The number of fused-ring (bicyclic) bond motifs is 1. The largest absolute Gasteiger partial charge is 0.464 e. The van der Waals surface area contributed by atoms with E-state index in [1.165, 1.54) is 4.70 Å². The van der Waals surface area contributed by atoms with Crippen molar-refractivity contribution in [2.24, 2.45) is 0 Å². The normalized spacial score (nSPS) is 12.8. The third kappa shape index (κ3) is 2.67. The number of nitrogens with zero attached hydrogens (tertiary/aromatic N) is 1. The average Bonchev–Trinajstić information content (AvgIpc) is 2.94. The number of nitrogens with one attached hydrogen (secondary N) is 1. The zero-order valence-electron chi connectivity index (χ0n) is 10.6. The molecule has 0 aliphatic carbocycles. The lowest BCUT2D eigenvalue weighted by atomic mass is 10.2. The second-order valence-electron chi connectivity index (χ2n) is 4.45. The quantitative estimate of drug-likeness (QED) is 0.720. The first kappa shape index (κ1) is 12.7. The molecule has 0 aliphatic heterocycles. The number of aryl methyl sites for hydroxylation is 1. The van der Waals surface area contributed by atoms with Crippen LogP contribution in [0, 0.1) is 6.92 Å². The van der Waals surface area contributed by atoms with E-state index in [9.17, 15) is 0 Å². The monoisotopic (exact) mass is 336 g/mol. The fraction of sp³-hybridized carbons (Fsp3) is 0.214. The summed E-state index contributed by atoms with van der Waals surface area (Å²) in [5.74, 6) is 1.86. The highest BCUT2D eigenvalue weighted by molar-refractivity contribution is 9.10. The summed E-state index contributed by atoms with van der Waals surface area (Å²) in [6, 6.07) is 10.2. The van der Waals surface area contributed by atoms with Crippen molar-refractivity contribution in [3.05, 3.63) is 46.3 Å². The lowest BCUT2D eigenvalue weighted by molar-refractivity contribution is 0.467. The second kappa shape index (κ2) is 4.98. The van der Waals surface area contributed by atoms with Crippen LogP contribution in [0.15, 0.2) is 39.2 Å². The van der Waals surface area contributed by atoms with Crippen LogP contribution in [0.2, 0.25) is 0 Å². The van der Waals surface area contributed by atoms with Crippen LogP contribution in [0.4, 0.5) is 5.13 Å². The number of hydrogen-bond donors (Lipinski definition) is 1. The van der Waals surface area contributed by atoms with Gasteiger partial charge in [-0.1, -0.05) is 27.3 Å². The molecule has 2 aromatic heterocycles. The number of aromatic nitrogens is 1. The molecule has 98 valence electrons. The molecule has 1 unspecified atom stereocenters. The van der Waals surface area contributed by atoms with Crippen LogP contribution in [0.5, 0.6) is 0 Å². The summed E-state index contributed by atoms with van der Waals surface area (Å²) in [6.07, 6.45) is 0. The van der Waals surface area contributed by atoms with E-state index >= 15 is 0 Å². The molecule has 1 atom stereocenters. The summed E-state index contributed by atoms with van der Waals surface area (Å²) < 4.78 is 7.84. The Morgan fingerprint density at radius 1 is 1.32 bits per heavy atom. The molecule has 0 aliphatic rings. The maximum Gasteiger partial charge on any atom is 0.184 e. The number of thiazole rings is 1. The van der Waals surface area contributed by atoms with Gasteiger partial charge in [-0.3, -0.25) is 0 Å². The van der Waals surface area contributed by atoms with Gasteiger partial charge in [-0.15, -0.1) is 0 Å². The molecule has 1 N–H and O–H groups in total. The molecule has 1 aromatic carbocycles. The van der Waals surface area contributed by atoms with Gasteiger partial charge in [0.25, 0.3) is 0 Å².